The molecule has 0 saturated heterocycles. The van der Waals surface area contributed by atoms with Crippen molar-refractivity contribution >= 4 is 6.21 Å². The first kappa shape index (κ1) is 16.9. The molecule has 136 valence electrons. The fourth-order valence-corrected chi connectivity index (χ4v) is 7.80. The van der Waals surface area contributed by atoms with Gasteiger partial charge in [-0.15, -0.1) is 5.16 Å². The minimum atomic E-state index is -0.434. The number of nitrogens with zero attached hydrogens (tertiary/aromatic N) is 1. The van der Waals surface area contributed by atoms with Gasteiger partial charge in [0.1, 0.15) is 0 Å². The van der Waals surface area contributed by atoms with Crippen LogP contribution in [0.4, 0.5) is 0 Å². The zero-order valence-corrected chi connectivity index (χ0v) is 15.7. The van der Waals surface area contributed by atoms with Crippen LogP contribution in [0.15, 0.2) is 5.16 Å². The van der Waals surface area contributed by atoms with E-state index in [0.29, 0.717) is 22.7 Å². The Bertz CT molecular complexity index is 530. The third kappa shape index (κ3) is 2.29. The standard InChI is InChI=1S/C21H35NO2/c1-19(23)10-11-21(3)14(12-19)4-6-16-17-7-5-15(13-22-24)20(17,2)9-8-18(16)21/h13-18,23-24H,4-12H2,1-3H3/b22-13+/t14-,15?,16-,17-,18-,19+,20+,21-/m0/s1. The highest BCUT2D eigenvalue weighted by Gasteiger charge is 2.60. The van der Waals surface area contributed by atoms with Crippen molar-refractivity contribution in [1.29, 1.82) is 0 Å². The van der Waals surface area contributed by atoms with Crippen LogP contribution in [-0.4, -0.2) is 22.1 Å². The highest BCUT2D eigenvalue weighted by molar-refractivity contribution is 5.62. The molecular formula is C21H35NO2. The van der Waals surface area contributed by atoms with Gasteiger partial charge in [0.15, 0.2) is 0 Å². The molecule has 4 fully saturated rings. The van der Waals surface area contributed by atoms with Gasteiger partial charge in [0.2, 0.25) is 0 Å². The van der Waals surface area contributed by atoms with Gasteiger partial charge < -0.3 is 10.3 Å². The summed E-state index contributed by atoms with van der Waals surface area (Å²) in [5.41, 5.74) is 0.350. The normalized spacial score (nSPS) is 57.4. The molecule has 4 rings (SSSR count). The number of oxime groups is 1. The van der Waals surface area contributed by atoms with E-state index in [2.05, 4.69) is 19.0 Å². The maximum Gasteiger partial charge on any atom is 0.0622 e. The van der Waals surface area contributed by atoms with E-state index in [1.54, 1.807) is 0 Å². The first-order chi connectivity index (χ1) is 11.3. The Morgan fingerprint density at radius 3 is 2.38 bits per heavy atom. The molecule has 3 nitrogen and oxygen atoms in total. The summed E-state index contributed by atoms with van der Waals surface area (Å²) in [6, 6.07) is 0. The fraction of sp³-hybridized carbons (Fsp3) is 0.952. The molecule has 24 heavy (non-hydrogen) atoms. The first-order valence-corrected chi connectivity index (χ1v) is 10.2. The molecule has 0 amide bonds. The number of hydrogen-bond donors (Lipinski definition) is 2. The maximum absolute atomic E-state index is 10.6. The van der Waals surface area contributed by atoms with Crippen molar-refractivity contribution < 1.29 is 10.3 Å². The number of fused-ring (bicyclic) bond motifs is 5. The van der Waals surface area contributed by atoms with E-state index in [-0.39, 0.29) is 0 Å². The van der Waals surface area contributed by atoms with Gasteiger partial charge in [-0.3, -0.25) is 0 Å². The van der Waals surface area contributed by atoms with E-state index >= 15 is 0 Å². The first-order valence-electron chi connectivity index (χ1n) is 10.2. The molecule has 0 bridgehead atoms. The lowest BCUT2D eigenvalue weighted by Crippen LogP contribution is -2.55. The van der Waals surface area contributed by atoms with Crippen LogP contribution < -0.4 is 0 Å². The minimum absolute atomic E-state index is 0.344. The quantitative estimate of drug-likeness (QED) is 0.409. The third-order valence-electron chi connectivity index (χ3n) is 9.27. The lowest BCUT2D eigenvalue weighted by Gasteiger charge is -2.61. The molecule has 1 unspecified atom stereocenters. The molecule has 4 saturated carbocycles. The predicted molar refractivity (Wildman–Crippen MR) is 96.1 cm³/mol. The highest BCUT2D eigenvalue weighted by atomic mass is 16.4. The molecule has 4 aliphatic rings. The molecule has 0 spiro atoms. The van der Waals surface area contributed by atoms with E-state index in [0.717, 1.165) is 30.6 Å². The van der Waals surface area contributed by atoms with Crippen molar-refractivity contribution in [3.8, 4) is 0 Å². The van der Waals surface area contributed by atoms with Crippen molar-refractivity contribution in [2.75, 3.05) is 0 Å². The Morgan fingerprint density at radius 2 is 1.62 bits per heavy atom. The van der Waals surface area contributed by atoms with Crippen molar-refractivity contribution in [1.82, 2.24) is 0 Å². The summed E-state index contributed by atoms with van der Waals surface area (Å²) >= 11 is 0. The van der Waals surface area contributed by atoms with Crippen LogP contribution in [0.2, 0.25) is 0 Å². The maximum atomic E-state index is 10.6. The van der Waals surface area contributed by atoms with Crippen molar-refractivity contribution in [2.45, 2.75) is 84.2 Å². The van der Waals surface area contributed by atoms with Gasteiger partial charge in [0.25, 0.3) is 0 Å². The average molecular weight is 334 g/mol. The van der Waals surface area contributed by atoms with Crippen LogP contribution in [0.25, 0.3) is 0 Å². The zero-order chi connectivity index (χ0) is 17.2. The molecule has 2 N–H and O–H groups in total. The lowest BCUT2D eigenvalue weighted by atomic mass is 9.44. The summed E-state index contributed by atoms with van der Waals surface area (Å²) in [6.07, 6.45) is 12.8. The molecule has 0 aliphatic heterocycles. The molecule has 3 heteroatoms. The molecule has 0 radical (unpaired) electrons. The summed E-state index contributed by atoms with van der Waals surface area (Å²) in [7, 11) is 0. The molecule has 4 aliphatic carbocycles. The summed E-state index contributed by atoms with van der Waals surface area (Å²) in [4.78, 5) is 0. The average Bonchev–Trinajstić information content (AvgIpc) is 2.85. The Hall–Kier alpha value is -0.570. The monoisotopic (exact) mass is 333 g/mol. The Kier molecular flexibility index (Phi) is 3.84. The van der Waals surface area contributed by atoms with Crippen LogP contribution in [0.5, 0.6) is 0 Å². The molecule has 0 aromatic heterocycles. The SMILES string of the molecule is C[C@@]1(O)CC[C@@]2(C)[C@@H](CC[C@@H]3[C@@H]2CC[C@]2(C)C(/C=N/O)CC[C@@H]32)C1. The van der Waals surface area contributed by atoms with E-state index in [1.807, 2.05) is 13.1 Å². The third-order valence-corrected chi connectivity index (χ3v) is 9.27. The van der Waals surface area contributed by atoms with Crippen LogP contribution >= 0.6 is 0 Å². The molecule has 0 aromatic carbocycles. The van der Waals surface area contributed by atoms with Crippen molar-refractivity contribution in [3.05, 3.63) is 0 Å². The summed E-state index contributed by atoms with van der Waals surface area (Å²) in [6.45, 7) is 7.06. The largest absolute Gasteiger partial charge is 0.411 e. The van der Waals surface area contributed by atoms with Gasteiger partial charge in [-0.1, -0.05) is 13.8 Å². The van der Waals surface area contributed by atoms with E-state index in [4.69, 9.17) is 5.21 Å². The summed E-state index contributed by atoms with van der Waals surface area (Å²) in [5.74, 6) is 3.67. The minimum Gasteiger partial charge on any atom is -0.411 e. The molecule has 8 atom stereocenters. The second-order valence-electron chi connectivity index (χ2n) is 10.4. The van der Waals surface area contributed by atoms with Crippen molar-refractivity contribution in [3.63, 3.8) is 0 Å². The lowest BCUT2D eigenvalue weighted by molar-refractivity contribution is -0.143. The number of rotatable bonds is 1. The summed E-state index contributed by atoms with van der Waals surface area (Å²) in [5, 5.41) is 23.0. The van der Waals surface area contributed by atoms with Gasteiger partial charge in [-0.25, -0.2) is 0 Å². The molecular weight excluding hydrogens is 298 g/mol. The van der Waals surface area contributed by atoms with Gasteiger partial charge in [-0.05, 0) is 99.2 Å². The second kappa shape index (κ2) is 5.46. The Labute approximate surface area is 146 Å². The van der Waals surface area contributed by atoms with Crippen LogP contribution in [-0.2, 0) is 0 Å². The molecule has 0 heterocycles. The summed E-state index contributed by atoms with van der Waals surface area (Å²) < 4.78 is 0. The van der Waals surface area contributed by atoms with E-state index < -0.39 is 5.60 Å². The highest BCUT2D eigenvalue weighted by Crippen LogP contribution is 2.67. The number of hydrogen-bond acceptors (Lipinski definition) is 3. The Balaban J connectivity index is 1.60. The fourth-order valence-electron chi connectivity index (χ4n) is 7.80. The molecule has 0 aromatic rings. The smallest absolute Gasteiger partial charge is 0.0622 e. The van der Waals surface area contributed by atoms with Crippen molar-refractivity contribution in [2.24, 2.45) is 45.6 Å². The van der Waals surface area contributed by atoms with E-state index in [9.17, 15) is 5.11 Å². The van der Waals surface area contributed by atoms with Gasteiger partial charge >= 0.3 is 0 Å². The van der Waals surface area contributed by atoms with Crippen LogP contribution in [0, 0.1) is 40.4 Å². The number of aliphatic hydroxyl groups is 1. The van der Waals surface area contributed by atoms with Gasteiger partial charge in [-0.2, -0.15) is 0 Å². The van der Waals surface area contributed by atoms with Gasteiger partial charge in [0.05, 0.1) is 5.60 Å². The zero-order valence-electron chi connectivity index (χ0n) is 15.7. The van der Waals surface area contributed by atoms with E-state index in [1.165, 1.54) is 44.9 Å². The van der Waals surface area contributed by atoms with Crippen LogP contribution in [0.1, 0.15) is 78.6 Å². The second-order valence-corrected chi connectivity index (χ2v) is 10.4. The topological polar surface area (TPSA) is 52.8 Å². The van der Waals surface area contributed by atoms with Gasteiger partial charge in [0, 0.05) is 12.1 Å². The Morgan fingerprint density at radius 1 is 0.875 bits per heavy atom. The predicted octanol–water partition coefficient (Wildman–Crippen LogP) is 4.86. The van der Waals surface area contributed by atoms with Crippen LogP contribution in [0.3, 0.4) is 0 Å².